The molecule has 1 rings (SSSR count). The summed E-state index contributed by atoms with van der Waals surface area (Å²) in [4.78, 5) is 11.1. The summed E-state index contributed by atoms with van der Waals surface area (Å²) in [5, 5.41) is 3.91. The third-order valence-electron chi connectivity index (χ3n) is 1.84. The summed E-state index contributed by atoms with van der Waals surface area (Å²) in [6.45, 7) is 1.67. The molecular formula is C9H11Cl2N3O. The summed E-state index contributed by atoms with van der Waals surface area (Å²) in [7, 11) is 0. The molecule has 4 nitrogen and oxygen atoms in total. The van der Waals surface area contributed by atoms with Crippen molar-refractivity contribution in [2.24, 2.45) is 5.84 Å². The van der Waals surface area contributed by atoms with Crippen molar-refractivity contribution in [3.63, 3.8) is 0 Å². The number of hydrogen-bond donors (Lipinski definition) is 3. The summed E-state index contributed by atoms with van der Waals surface area (Å²) in [6, 6.07) is 4.51. The number of rotatable bonds is 3. The number of hydrazine groups is 1. The normalized spacial score (nSPS) is 12.0. The molecule has 82 valence electrons. The highest BCUT2D eigenvalue weighted by atomic mass is 35.5. The van der Waals surface area contributed by atoms with E-state index in [9.17, 15) is 4.79 Å². The van der Waals surface area contributed by atoms with Crippen LogP contribution in [0, 0.1) is 0 Å². The van der Waals surface area contributed by atoms with Crippen LogP contribution in [0.4, 0.5) is 5.69 Å². The molecule has 0 heterocycles. The van der Waals surface area contributed by atoms with Crippen LogP contribution in [0.1, 0.15) is 6.92 Å². The van der Waals surface area contributed by atoms with Gasteiger partial charge >= 0.3 is 0 Å². The number of nitrogens with one attached hydrogen (secondary N) is 2. The monoisotopic (exact) mass is 247 g/mol. The van der Waals surface area contributed by atoms with Gasteiger partial charge in [-0.25, -0.2) is 5.84 Å². The van der Waals surface area contributed by atoms with E-state index in [1.54, 1.807) is 25.1 Å². The molecule has 0 aromatic heterocycles. The third-order valence-corrected chi connectivity index (χ3v) is 2.39. The van der Waals surface area contributed by atoms with Crippen LogP contribution in [0.25, 0.3) is 0 Å². The number of anilines is 1. The first-order valence-corrected chi connectivity index (χ1v) is 5.02. The van der Waals surface area contributed by atoms with E-state index in [1.807, 2.05) is 5.43 Å². The Balaban J connectivity index is 2.76. The highest BCUT2D eigenvalue weighted by molar-refractivity contribution is 6.36. The minimum absolute atomic E-state index is 0.319. The number of hydrogen-bond acceptors (Lipinski definition) is 3. The van der Waals surface area contributed by atoms with Crippen LogP contribution in [-0.2, 0) is 4.79 Å². The lowest BCUT2D eigenvalue weighted by Crippen LogP contribution is -2.41. The lowest BCUT2D eigenvalue weighted by atomic mass is 10.2. The van der Waals surface area contributed by atoms with Crippen LogP contribution in [-0.4, -0.2) is 11.9 Å². The molecule has 0 bridgehead atoms. The van der Waals surface area contributed by atoms with Gasteiger partial charge in [0.2, 0.25) is 0 Å². The van der Waals surface area contributed by atoms with E-state index in [0.717, 1.165) is 0 Å². The molecule has 1 atom stereocenters. The second kappa shape index (κ2) is 5.21. The van der Waals surface area contributed by atoms with Gasteiger partial charge in [0.15, 0.2) is 0 Å². The Bertz CT molecular complexity index is 370. The number of carbonyl (C=O) groups is 1. The largest absolute Gasteiger partial charge is 0.373 e. The molecular weight excluding hydrogens is 237 g/mol. The van der Waals surface area contributed by atoms with Crippen LogP contribution in [0.2, 0.25) is 10.0 Å². The zero-order valence-electron chi connectivity index (χ0n) is 8.05. The predicted molar refractivity (Wildman–Crippen MR) is 61.9 cm³/mol. The highest BCUT2D eigenvalue weighted by Crippen LogP contribution is 2.25. The van der Waals surface area contributed by atoms with Crippen molar-refractivity contribution in [3.8, 4) is 0 Å². The quantitative estimate of drug-likeness (QED) is 0.434. The number of benzene rings is 1. The molecule has 15 heavy (non-hydrogen) atoms. The minimum atomic E-state index is -0.464. The molecule has 0 spiro atoms. The van der Waals surface area contributed by atoms with Crippen LogP contribution in [0.15, 0.2) is 18.2 Å². The number of amides is 1. The fourth-order valence-corrected chi connectivity index (χ4v) is 1.49. The Labute approximate surface area is 97.7 Å². The van der Waals surface area contributed by atoms with Crippen molar-refractivity contribution < 1.29 is 4.79 Å². The van der Waals surface area contributed by atoms with E-state index < -0.39 is 6.04 Å². The van der Waals surface area contributed by atoms with Gasteiger partial charge in [0.05, 0.1) is 10.7 Å². The molecule has 0 fully saturated rings. The van der Waals surface area contributed by atoms with E-state index in [0.29, 0.717) is 15.7 Å². The summed E-state index contributed by atoms with van der Waals surface area (Å²) >= 11 is 11.6. The Morgan fingerprint density at radius 2 is 2.13 bits per heavy atom. The van der Waals surface area contributed by atoms with Crippen molar-refractivity contribution >= 4 is 34.8 Å². The minimum Gasteiger partial charge on any atom is -0.373 e. The fraction of sp³-hybridized carbons (Fsp3) is 0.222. The second-order valence-corrected chi connectivity index (χ2v) is 3.84. The Hall–Kier alpha value is -0.970. The van der Waals surface area contributed by atoms with Crippen molar-refractivity contribution in [1.82, 2.24) is 5.43 Å². The average molecular weight is 248 g/mol. The van der Waals surface area contributed by atoms with Gasteiger partial charge in [-0.1, -0.05) is 23.2 Å². The smallest absolute Gasteiger partial charge is 0.256 e. The average Bonchev–Trinajstić information content (AvgIpc) is 2.20. The number of carbonyl (C=O) groups excluding carboxylic acids is 1. The van der Waals surface area contributed by atoms with Gasteiger partial charge in [0.25, 0.3) is 5.91 Å². The molecule has 6 heteroatoms. The maximum Gasteiger partial charge on any atom is 0.256 e. The molecule has 0 aliphatic rings. The first kappa shape index (κ1) is 12.1. The zero-order valence-corrected chi connectivity index (χ0v) is 9.56. The summed E-state index contributed by atoms with van der Waals surface area (Å²) in [6.07, 6.45) is 0. The molecule has 1 aromatic carbocycles. The van der Waals surface area contributed by atoms with Gasteiger partial charge in [-0.15, -0.1) is 0 Å². The first-order chi connectivity index (χ1) is 7.04. The van der Waals surface area contributed by atoms with E-state index in [1.165, 1.54) is 0 Å². The second-order valence-electron chi connectivity index (χ2n) is 3.00. The van der Waals surface area contributed by atoms with Crippen molar-refractivity contribution in [2.45, 2.75) is 13.0 Å². The molecule has 1 aromatic rings. The van der Waals surface area contributed by atoms with Gasteiger partial charge in [0, 0.05) is 5.02 Å². The standard InChI is InChI=1S/C9H11Cl2N3O/c1-5(9(15)14-12)13-8-3-2-6(10)4-7(8)11/h2-5,13H,12H2,1H3,(H,14,15)/t5-/m0/s1. The van der Waals surface area contributed by atoms with E-state index in [-0.39, 0.29) is 5.91 Å². The van der Waals surface area contributed by atoms with Gasteiger partial charge in [-0.05, 0) is 25.1 Å². The Morgan fingerprint density at radius 1 is 1.47 bits per heavy atom. The van der Waals surface area contributed by atoms with Crippen molar-refractivity contribution in [1.29, 1.82) is 0 Å². The van der Waals surface area contributed by atoms with Gasteiger partial charge < -0.3 is 5.32 Å². The maximum atomic E-state index is 11.1. The Kier molecular flexibility index (Phi) is 4.20. The van der Waals surface area contributed by atoms with Crippen molar-refractivity contribution in [2.75, 3.05) is 5.32 Å². The van der Waals surface area contributed by atoms with Gasteiger partial charge in [-0.2, -0.15) is 0 Å². The SMILES string of the molecule is C[C@H](Nc1ccc(Cl)cc1Cl)C(=O)NN. The van der Waals surface area contributed by atoms with Crippen molar-refractivity contribution in [3.05, 3.63) is 28.2 Å². The zero-order chi connectivity index (χ0) is 11.4. The van der Waals surface area contributed by atoms with E-state index in [2.05, 4.69) is 5.32 Å². The molecule has 1 amide bonds. The van der Waals surface area contributed by atoms with E-state index in [4.69, 9.17) is 29.0 Å². The van der Waals surface area contributed by atoms with Crippen LogP contribution in [0.3, 0.4) is 0 Å². The van der Waals surface area contributed by atoms with Crippen LogP contribution >= 0.6 is 23.2 Å². The lowest BCUT2D eigenvalue weighted by Gasteiger charge is -2.14. The molecule has 0 aliphatic heterocycles. The number of nitrogens with two attached hydrogens (primary N) is 1. The highest BCUT2D eigenvalue weighted by Gasteiger charge is 2.12. The number of halogens is 2. The van der Waals surface area contributed by atoms with E-state index >= 15 is 0 Å². The van der Waals surface area contributed by atoms with Gasteiger partial charge in [0.1, 0.15) is 6.04 Å². The maximum absolute atomic E-state index is 11.1. The first-order valence-electron chi connectivity index (χ1n) is 4.26. The molecule has 0 aliphatic carbocycles. The summed E-state index contributed by atoms with van der Waals surface area (Å²) in [5.41, 5.74) is 2.68. The molecule has 4 N–H and O–H groups in total. The van der Waals surface area contributed by atoms with Crippen LogP contribution in [0.5, 0.6) is 0 Å². The third kappa shape index (κ3) is 3.27. The molecule has 0 radical (unpaired) electrons. The van der Waals surface area contributed by atoms with Crippen LogP contribution < -0.4 is 16.6 Å². The fourth-order valence-electron chi connectivity index (χ4n) is 1.03. The topological polar surface area (TPSA) is 67.2 Å². The van der Waals surface area contributed by atoms with Gasteiger partial charge in [-0.3, -0.25) is 10.2 Å². The molecule has 0 saturated carbocycles. The summed E-state index contributed by atoms with van der Waals surface area (Å²) in [5.74, 6) is 4.68. The molecule has 0 saturated heterocycles. The Morgan fingerprint density at radius 3 is 2.67 bits per heavy atom. The lowest BCUT2D eigenvalue weighted by molar-refractivity contribution is -0.121. The predicted octanol–water partition coefficient (Wildman–Crippen LogP) is 1.78. The summed E-state index contributed by atoms with van der Waals surface area (Å²) < 4.78 is 0. The molecule has 0 unspecified atom stereocenters.